The fourth-order valence-corrected chi connectivity index (χ4v) is 1.99. The minimum atomic E-state index is -0.163. The van der Waals surface area contributed by atoms with Gasteiger partial charge in [-0.05, 0) is 13.0 Å². The average molecular weight is 259 g/mol. The number of carbonyl (C=O) groups is 2. The number of aromatic nitrogens is 1. The predicted molar refractivity (Wildman–Crippen MR) is 73.9 cm³/mol. The Morgan fingerprint density at radius 3 is 2.79 bits per heavy atom. The molecule has 0 fully saturated rings. The van der Waals surface area contributed by atoms with E-state index in [0.717, 1.165) is 10.9 Å². The van der Waals surface area contributed by atoms with Crippen molar-refractivity contribution in [1.29, 1.82) is 0 Å². The summed E-state index contributed by atoms with van der Waals surface area (Å²) >= 11 is 0. The minimum Gasteiger partial charge on any atom is -0.360 e. The molecule has 5 nitrogen and oxygen atoms in total. The number of carbonyl (C=O) groups excluding carboxylic acids is 2. The first kappa shape index (κ1) is 13.1. The monoisotopic (exact) mass is 259 g/mol. The van der Waals surface area contributed by atoms with Gasteiger partial charge < -0.3 is 15.2 Å². The van der Waals surface area contributed by atoms with Gasteiger partial charge in [-0.15, -0.1) is 0 Å². The molecule has 1 aromatic heterocycles. The summed E-state index contributed by atoms with van der Waals surface area (Å²) in [5.41, 5.74) is 1.50. The summed E-state index contributed by atoms with van der Waals surface area (Å²) in [5.74, 6) is -0.318. The van der Waals surface area contributed by atoms with Crippen LogP contribution in [0.3, 0.4) is 0 Å². The van der Waals surface area contributed by atoms with Crippen molar-refractivity contribution in [3.8, 4) is 0 Å². The van der Waals surface area contributed by atoms with E-state index in [9.17, 15) is 9.59 Å². The van der Waals surface area contributed by atoms with Crippen LogP contribution in [0.1, 0.15) is 17.3 Å². The van der Waals surface area contributed by atoms with E-state index in [1.54, 1.807) is 13.2 Å². The molecule has 100 valence electrons. The molecule has 0 atom stereocenters. The van der Waals surface area contributed by atoms with Crippen LogP contribution in [0.5, 0.6) is 0 Å². The molecule has 2 rings (SSSR count). The molecule has 19 heavy (non-hydrogen) atoms. The van der Waals surface area contributed by atoms with Crippen molar-refractivity contribution in [3.05, 3.63) is 36.0 Å². The van der Waals surface area contributed by atoms with E-state index < -0.39 is 0 Å². The number of hydrogen-bond acceptors (Lipinski definition) is 2. The molecule has 0 spiro atoms. The van der Waals surface area contributed by atoms with Crippen molar-refractivity contribution in [2.75, 3.05) is 20.1 Å². The second kappa shape index (κ2) is 5.56. The van der Waals surface area contributed by atoms with Gasteiger partial charge in [0.15, 0.2) is 0 Å². The number of H-pyrrole nitrogens is 1. The van der Waals surface area contributed by atoms with E-state index in [2.05, 4.69) is 10.3 Å². The largest absolute Gasteiger partial charge is 0.360 e. The molecule has 0 saturated carbocycles. The maximum atomic E-state index is 12.3. The highest BCUT2D eigenvalue weighted by Gasteiger charge is 2.17. The molecule has 0 saturated heterocycles. The number of aromatic amines is 1. The van der Waals surface area contributed by atoms with Crippen LogP contribution in [0.2, 0.25) is 0 Å². The van der Waals surface area contributed by atoms with Crippen LogP contribution < -0.4 is 5.32 Å². The fourth-order valence-electron chi connectivity index (χ4n) is 1.99. The molecule has 5 heteroatoms. The van der Waals surface area contributed by atoms with Gasteiger partial charge in [0, 0.05) is 30.7 Å². The molecule has 0 bridgehead atoms. The minimum absolute atomic E-state index is 0.0617. The third-order valence-electron chi connectivity index (χ3n) is 2.92. The fraction of sp³-hybridized carbons (Fsp3) is 0.286. The van der Waals surface area contributed by atoms with Crippen LogP contribution in [-0.4, -0.2) is 41.8 Å². The molecule has 0 aliphatic carbocycles. The highest BCUT2D eigenvalue weighted by atomic mass is 16.2. The third-order valence-corrected chi connectivity index (χ3v) is 2.92. The lowest BCUT2D eigenvalue weighted by Gasteiger charge is -2.16. The van der Waals surface area contributed by atoms with Gasteiger partial charge in [0.25, 0.3) is 5.91 Å². The van der Waals surface area contributed by atoms with E-state index >= 15 is 0 Å². The Morgan fingerprint density at radius 1 is 1.32 bits per heavy atom. The standard InChI is InChI=1S/C14H17N3O2/c1-3-15-13(18)9-17(2)14(19)11-8-16-12-7-5-4-6-10(11)12/h4-8,16H,3,9H2,1-2H3,(H,15,18). The van der Waals surface area contributed by atoms with E-state index in [0.29, 0.717) is 12.1 Å². The number of amides is 2. The molecular weight excluding hydrogens is 242 g/mol. The average Bonchev–Trinajstić information content (AvgIpc) is 2.81. The molecule has 1 aromatic carbocycles. The van der Waals surface area contributed by atoms with E-state index in [1.807, 2.05) is 31.2 Å². The molecular formula is C14H17N3O2. The number of para-hydroxylation sites is 1. The second-order valence-electron chi connectivity index (χ2n) is 4.36. The number of fused-ring (bicyclic) bond motifs is 1. The SMILES string of the molecule is CCNC(=O)CN(C)C(=O)c1c[nH]c2ccccc12. The highest BCUT2D eigenvalue weighted by molar-refractivity contribution is 6.07. The van der Waals surface area contributed by atoms with Gasteiger partial charge >= 0.3 is 0 Å². The van der Waals surface area contributed by atoms with Gasteiger partial charge in [0.1, 0.15) is 0 Å². The number of rotatable bonds is 4. The number of nitrogens with one attached hydrogen (secondary N) is 2. The zero-order valence-corrected chi connectivity index (χ0v) is 11.1. The van der Waals surface area contributed by atoms with Crippen molar-refractivity contribution in [2.45, 2.75) is 6.92 Å². The Kier molecular flexibility index (Phi) is 3.85. The van der Waals surface area contributed by atoms with Gasteiger partial charge in [-0.2, -0.15) is 0 Å². The molecule has 2 N–H and O–H groups in total. The summed E-state index contributed by atoms with van der Waals surface area (Å²) in [4.78, 5) is 28.2. The number of nitrogens with zero attached hydrogens (tertiary/aromatic N) is 1. The summed E-state index contributed by atoms with van der Waals surface area (Å²) < 4.78 is 0. The lowest BCUT2D eigenvalue weighted by atomic mass is 10.1. The summed E-state index contributed by atoms with van der Waals surface area (Å²) in [7, 11) is 1.62. The third kappa shape index (κ3) is 2.76. The Bertz CT molecular complexity index is 604. The summed E-state index contributed by atoms with van der Waals surface area (Å²) in [5, 5.41) is 3.54. The van der Waals surface area contributed by atoms with E-state index in [-0.39, 0.29) is 18.4 Å². The maximum absolute atomic E-state index is 12.3. The van der Waals surface area contributed by atoms with Crippen molar-refractivity contribution in [1.82, 2.24) is 15.2 Å². The summed E-state index contributed by atoms with van der Waals surface area (Å²) in [6, 6.07) is 7.59. The summed E-state index contributed by atoms with van der Waals surface area (Å²) in [6.07, 6.45) is 1.68. The van der Waals surface area contributed by atoms with Gasteiger partial charge in [0.2, 0.25) is 5.91 Å². The lowest BCUT2D eigenvalue weighted by Crippen LogP contribution is -2.38. The van der Waals surface area contributed by atoms with Gasteiger partial charge in [0.05, 0.1) is 12.1 Å². The highest BCUT2D eigenvalue weighted by Crippen LogP contribution is 2.18. The Morgan fingerprint density at radius 2 is 2.05 bits per heavy atom. The van der Waals surface area contributed by atoms with Crippen molar-refractivity contribution < 1.29 is 9.59 Å². The van der Waals surface area contributed by atoms with Crippen LogP contribution in [0.15, 0.2) is 30.5 Å². The first-order valence-electron chi connectivity index (χ1n) is 6.21. The molecule has 2 aromatic rings. The molecule has 0 unspecified atom stereocenters. The molecule has 0 radical (unpaired) electrons. The quantitative estimate of drug-likeness (QED) is 0.871. The van der Waals surface area contributed by atoms with E-state index in [4.69, 9.17) is 0 Å². The van der Waals surface area contributed by atoms with Crippen LogP contribution in [0, 0.1) is 0 Å². The first-order valence-corrected chi connectivity index (χ1v) is 6.21. The second-order valence-corrected chi connectivity index (χ2v) is 4.36. The van der Waals surface area contributed by atoms with Crippen molar-refractivity contribution in [3.63, 3.8) is 0 Å². The smallest absolute Gasteiger partial charge is 0.256 e. The Balaban J connectivity index is 2.17. The van der Waals surface area contributed by atoms with Crippen molar-refractivity contribution >= 4 is 22.7 Å². The Labute approximate surface area is 111 Å². The van der Waals surface area contributed by atoms with Crippen LogP contribution in [-0.2, 0) is 4.79 Å². The normalized spacial score (nSPS) is 10.4. The van der Waals surface area contributed by atoms with Crippen LogP contribution in [0.25, 0.3) is 10.9 Å². The molecule has 1 heterocycles. The van der Waals surface area contributed by atoms with Crippen LogP contribution in [0.4, 0.5) is 0 Å². The Hall–Kier alpha value is -2.30. The van der Waals surface area contributed by atoms with Gasteiger partial charge in [-0.25, -0.2) is 0 Å². The number of hydrogen-bond donors (Lipinski definition) is 2. The predicted octanol–water partition coefficient (Wildman–Crippen LogP) is 1.38. The van der Waals surface area contributed by atoms with Crippen LogP contribution >= 0.6 is 0 Å². The van der Waals surface area contributed by atoms with E-state index in [1.165, 1.54) is 4.90 Å². The number of likely N-dealkylation sites (N-methyl/N-ethyl adjacent to an activating group) is 2. The zero-order chi connectivity index (χ0) is 13.8. The van der Waals surface area contributed by atoms with Crippen molar-refractivity contribution in [2.24, 2.45) is 0 Å². The molecule has 0 aliphatic rings. The van der Waals surface area contributed by atoms with Gasteiger partial charge in [-0.1, -0.05) is 18.2 Å². The number of benzene rings is 1. The van der Waals surface area contributed by atoms with Gasteiger partial charge in [-0.3, -0.25) is 9.59 Å². The topological polar surface area (TPSA) is 65.2 Å². The zero-order valence-electron chi connectivity index (χ0n) is 11.1. The lowest BCUT2D eigenvalue weighted by molar-refractivity contribution is -0.121. The first-order chi connectivity index (χ1) is 9.13. The summed E-state index contributed by atoms with van der Waals surface area (Å²) in [6.45, 7) is 2.47. The molecule has 2 amide bonds. The maximum Gasteiger partial charge on any atom is 0.256 e. The molecule has 0 aliphatic heterocycles.